The Balaban J connectivity index is 1.90. The van der Waals surface area contributed by atoms with Gasteiger partial charge in [0.2, 0.25) is 0 Å². The Kier molecular flexibility index (Phi) is 8.18. The summed E-state index contributed by atoms with van der Waals surface area (Å²) in [5, 5.41) is 2.72. The van der Waals surface area contributed by atoms with Crippen LogP contribution in [0.25, 0.3) is 10.4 Å². The zero-order valence-electron chi connectivity index (χ0n) is 17.6. The third-order valence-electron chi connectivity index (χ3n) is 4.29. The second-order valence-electron chi connectivity index (χ2n) is 6.53. The molecule has 0 aliphatic heterocycles. The van der Waals surface area contributed by atoms with Gasteiger partial charge in [0.25, 0.3) is 5.91 Å². The summed E-state index contributed by atoms with van der Waals surface area (Å²) in [5.41, 5.74) is 1.32. The topological polar surface area (TPSA) is 90.9 Å². The molecule has 10 heteroatoms. The van der Waals surface area contributed by atoms with Crippen LogP contribution in [0.1, 0.15) is 27.0 Å². The van der Waals surface area contributed by atoms with Gasteiger partial charge in [0.15, 0.2) is 17.2 Å². The van der Waals surface area contributed by atoms with Gasteiger partial charge < -0.3 is 19.5 Å². The van der Waals surface area contributed by atoms with Crippen molar-refractivity contribution in [1.82, 2.24) is 0 Å². The lowest BCUT2D eigenvalue weighted by atomic mass is 10.1. The van der Waals surface area contributed by atoms with Gasteiger partial charge in [-0.3, -0.25) is 4.79 Å². The molecule has 0 atom stereocenters. The van der Waals surface area contributed by atoms with Gasteiger partial charge in [-0.2, -0.15) is 0 Å². The lowest BCUT2D eigenvalue weighted by Gasteiger charge is -2.08. The monoisotopic (exact) mass is 535 g/mol. The lowest BCUT2D eigenvalue weighted by Crippen LogP contribution is -2.15. The highest BCUT2D eigenvalue weighted by Crippen LogP contribution is 2.46. The quantitative estimate of drug-likeness (QED) is 0.393. The van der Waals surface area contributed by atoms with Crippen molar-refractivity contribution in [3.63, 3.8) is 0 Å². The largest absolute Gasteiger partial charge is 0.479 e. The van der Waals surface area contributed by atoms with Crippen molar-refractivity contribution < 1.29 is 33.0 Å². The Morgan fingerprint density at radius 1 is 1.12 bits per heavy atom. The molecule has 33 heavy (non-hydrogen) atoms. The number of ether oxygens (including phenoxy) is 3. The number of methoxy groups -OCH3 is 1. The molecule has 172 valence electrons. The van der Waals surface area contributed by atoms with Crippen LogP contribution in [0.4, 0.5) is 10.1 Å². The van der Waals surface area contributed by atoms with Crippen molar-refractivity contribution >= 4 is 50.8 Å². The molecule has 1 aromatic heterocycles. The predicted molar refractivity (Wildman–Crippen MR) is 125 cm³/mol. The fourth-order valence-corrected chi connectivity index (χ4v) is 4.81. The normalized spacial score (nSPS) is 10.4. The van der Waals surface area contributed by atoms with Crippen LogP contribution in [0.5, 0.6) is 5.75 Å². The molecule has 3 aromatic rings. The molecule has 0 aliphatic carbocycles. The fraction of sp³-hybridized carbons (Fsp3) is 0.174. The van der Waals surface area contributed by atoms with Crippen molar-refractivity contribution in [3.05, 3.63) is 69.3 Å². The van der Waals surface area contributed by atoms with Crippen molar-refractivity contribution in [2.45, 2.75) is 6.92 Å². The highest BCUT2D eigenvalue weighted by atomic mass is 79.9. The summed E-state index contributed by atoms with van der Waals surface area (Å²) in [6.45, 7) is 1.50. The van der Waals surface area contributed by atoms with Gasteiger partial charge in [0.05, 0.1) is 23.1 Å². The third kappa shape index (κ3) is 5.96. The lowest BCUT2D eigenvalue weighted by molar-refractivity contribution is -0.145. The average molecular weight is 536 g/mol. The highest BCUT2D eigenvalue weighted by Gasteiger charge is 2.25. The van der Waals surface area contributed by atoms with Gasteiger partial charge in [-0.1, -0.05) is 18.2 Å². The van der Waals surface area contributed by atoms with Crippen LogP contribution in [0.15, 0.2) is 53.0 Å². The Labute approximate surface area is 201 Å². The summed E-state index contributed by atoms with van der Waals surface area (Å²) < 4.78 is 29.1. The molecule has 1 heterocycles. The molecule has 0 saturated heterocycles. The van der Waals surface area contributed by atoms with Crippen LogP contribution in [-0.4, -0.2) is 38.2 Å². The van der Waals surface area contributed by atoms with E-state index in [1.54, 1.807) is 31.2 Å². The molecular formula is C23H19BrFNO6S. The first-order valence-corrected chi connectivity index (χ1v) is 11.3. The van der Waals surface area contributed by atoms with E-state index >= 15 is 0 Å². The van der Waals surface area contributed by atoms with E-state index < -0.39 is 23.7 Å². The first-order valence-electron chi connectivity index (χ1n) is 9.70. The second-order valence-corrected chi connectivity index (χ2v) is 8.35. The average Bonchev–Trinajstić information content (AvgIpc) is 3.13. The molecule has 2 aromatic carbocycles. The summed E-state index contributed by atoms with van der Waals surface area (Å²) in [7, 11) is 1.24. The number of anilines is 1. The van der Waals surface area contributed by atoms with Gasteiger partial charge in [-0.05, 0) is 58.7 Å². The molecule has 0 saturated carbocycles. The Hall–Kier alpha value is -3.24. The molecule has 0 spiro atoms. The number of hydrogen-bond donors (Lipinski definition) is 1. The van der Waals surface area contributed by atoms with E-state index in [0.717, 1.165) is 17.4 Å². The number of halogens is 2. The Morgan fingerprint density at radius 3 is 2.58 bits per heavy atom. The van der Waals surface area contributed by atoms with Crippen LogP contribution in [0.2, 0.25) is 0 Å². The maximum absolute atomic E-state index is 13.4. The maximum Gasteiger partial charge on any atom is 0.351 e. The molecule has 3 rings (SSSR count). The molecule has 0 radical (unpaired) electrons. The predicted octanol–water partition coefficient (Wildman–Crippen LogP) is 5.30. The first kappa shape index (κ1) is 24.4. The number of esters is 2. The van der Waals surface area contributed by atoms with Gasteiger partial charge in [0, 0.05) is 11.3 Å². The number of amides is 1. The SMILES string of the molecule is CCOC(=O)COc1c(C(=O)OC)sc(-c2cccc(NC(=O)c3cccc(F)c3)c2)c1Br. The van der Waals surface area contributed by atoms with E-state index in [2.05, 4.69) is 21.2 Å². The van der Waals surface area contributed by atoms with E-state index in [1.165, 1.54) is 25.3 Å². The van der Waals surface area contributed by atoms with E-state index in [1.807, 2.05) is 0 Å². The fourth-order valence-electron chi connectivity index (χ4n) is 2.84. The number of nitrogens with one attached hydrogen (secondary N) is 1. The van der Waals surface area contributed by atoms with Gasteiger partial charge in [-0.15, -0.1) is 11.3 Å². The summed E-state index contributed by atoms with van der Waals surface area (Å²) >= 11 is 4.54. The van der Waals surface area contributed by atoms with Gasteiger partial charge >= 0.3 is 11.9 Å². The minimum Gasteiger partial charge on any atom is -0.479 e. The molecule has 0 fully saturated rings. The Bertz CT molecular complexity index is 1200. The molecule has 0 bridgehead atoms. The van der Waals surface area contributed by atoms with Crippen LogP contribution in [0, 0.1) is 5.82 Å². The number of hydrogen-bond acceptors (Lipinski definition) is 7. The maximum atomic E-state index is 13.4. The van der Waals surface area contributed by atoms with Gasteiger partial charge in [0.1, 0.15) is 5.82 Å². The van der Waals surface area contributed by atoms with E-state index in [4.69, 9.17) is 14.2 Å². The summed E-state index contributed by atoms with van der Waals surface area (Å²) in [6, 6.07) is 12.2. The molecule has 1 amide bonds. The zero-order chi connectivity index (χ0) is 24.0. The number of rotatable bonds is 8. The van der Waals surface area contributed by atoms with E-state index in [9.17, 15) is 18.8 Å². The summed E-state index contributed by atoms with van der Waals surface area (Å²) in [4.78, 5) is 37.2. The van der Waals surface area contributed by atoms with Crippen LogP contribution in [-0.2, 0) is 14.3 Å². The second kappa shape index (κ2) is 11.1. The van der Waals surface area contributed by atoms with Crippen molar-refractivity contribution in [1.29, 1.82) is 0 Å². The smallest absolute Gasteiger partial charge is 0.351 e. The summed E-state index contributed by atoms with van der Waals surface area (Å²) in [6.07, 6.45) is 0. The zero-order valence-corrected chi connectivity index (χ0v) is 20.0. The van der Waals surface area contributed by atoms with E-state index in [0.29, 0.717) is 20.6 Å². The highest BCUT2D eigenvalue weighted by molar-refractivity contribution is 9.10. The number of benzene rings is 2. The van der Waals surface area contributed by atoms with Crippen LogP contribution in [0.3, 0.4) is 0 Å². The minimum atomic E-state index is -0.624. The number of carbonyl (C=O) groups is 3. The van der Waals surface area contributed by atoms with Crippen molar-refractivity contribution in [3.8, 4) is 16.2 Å². The van der Waals surface area contributed by atoms with E-state index in [-0.39, 0.29) is 29.4 Å². The standard InChI is InChI=1S/C23H19BrFNO6S/c1-3-31-17(27)12-32-19-18(24)20(33-21(19)23(29)30-2)13-6-5-9-16(11-13)26-22(28)14-7-4-8-15(25)10-14/h4-11H,3,12H2,1-2H3,(H,26,28). The first-order chi connectivity index (χ1) is 15.8. The van der Waals surface area contributed by atoms with Crippen molar-refractivity contribution in [2.75, 3.05) is 25.6 Å². The van der Waals surface area contributed by atoms with Gasteiger partial charge in [-0.25, -0.2) is 14.0 Å². The van der Waals surface area contributed by atoms with Crippen LogP contribution >= 0.6 is 27.3 Å². The minimum absolute atomic E-state index is 0.157. The summed E-state index contributed by atoms with van der Waals surface area (Å²) in [5.74, 6) is -2.02. The Morgan fingerprint density at radius 2 is 1.88 bits per heavy atom. The van der Waals surface area contributed by atoms with Crippen molar-refractivity contribution in [2.24, 2.45) is 0 Å². The molecular weight excluding hydrogens is 517 g/mol. The molecule has 0 unspecified atom stereocenters. The van der Waals surface area contributed by atoms with Crippen LogP contribution < -0.4 is 10.1 Å². The molecule has 7 nitrogen and oxygen atoms in total. The molecule has 0 aliphatic rings. The number of carbonyl (C=O) groups excluding carboxylic acids is 3. The third-order valence-corrected chi connectivity index (χ3v) is 6.51. The number of thiophene rings is 1. The molecule has 1 N–H and O–H groups in total.